The van der Waals surface area contributed by atoms with Crippen LogP contribution in [0.1, 0.15) is 0 Å². The summed E-state index contributed by atoms with van der Waals surface area (Å²) in [5.74, 6) is -1.29. The van der Waals surface area contributed by atoms with E-state index in [0.29, 0.717) is 0 Å². The highest BCUT2D eigenvalue weighted by molar-refractivity contribution is 6.76. The summed E-state index contributed by atoms with van der Waals surface area (Å²) in [6.45, 7) is 0.916. The van der Waals surface area contributed by atoms with Gasteiger partial charge in [-0.15, -0.1) is 0 Å². The molecule has 2 aliphatic heterocycles. The molecular weight excluding hydrogens is 409 g/mol. The van der Waals surface area contributed by atoms with Crippen molar-refractivity contribution < 1.29 is 18.6 Å². The molecule has 0 aromatic carbocycles. The highest BCUT2D eigenvalue weighted by atomic mass is 35.6. The SMILES string of the molecule is O=C(C(Cl)(Cl)Cl)[N+]12CNC[N+](C(=O)C(Cl)(Cl)Cl)(CNC1)C2. The highest BCUT2D eigenvalue weighted by Crippen LogP contribution is 2.38. The van der Waals surface area contributed by atoms with Crippen LogP contribution in [0, 0.1) is 0 Å². The van der Waals surface area contributed by atoms with Gasteiger partial charge >= 0.3 is 19.4 Å². The molecule has 2 bridgehead atoms. The molecule has 2 N–H and O–H groups in total. The zero-order valence-electron chi connectivity index (χ0n) is 10.5. The zero-order valence-corrected chi connectivity index (χ0v) is 15.0. The van der Waals surface area contributed by atoms with E-state index in [9.17, 15) is 9.59 Å². The number of alkyl halides is 6. The molecule has 2 rings (SSSR count). The van der Waals surface area contributed by atoms with Crippen LogP contribution in [0.15, 0.2) is 0 Å². The second-order valence-electron chi connectivity index (χ2n) is 5.17. The van der Waals surface area contributed by atoms with Crippen molar-refractivity contribution in [3.8, 4) is 0 Å². The number of halogens is 6. The molecular formula is C9H12Cl6N4O2+2. The van der Waals surface area contributed by atoms with Gasteiger partial charge in [0.25, 0.3) is 0 Å². The van der Waals surface area contributed by atoms with Crippen LogP contribution in [-0.4, -0.2) is 61.7 Å². The molecule has 0 atom stereocenters. The fourth-order valence-electron chi connectivity index (χ4n) is 2.74. The minimum Gasteiger partial charge on any atom is -0.225 e. The normalized spacial score (nSPS) is 33.6. The fourth-order valence-corrected chi connectivity index (χ4v) is 3.82. The summed E-state index contributed by atoms with van der Waals surface area (Å²) >= 11 is 34.3. The first-order valence-corrected chi connectivity index (χ1v) is 8.07. The molecule has 120 valence electrons. The Hall–Kier alpha value is 0.920. The number of carbonyl (C=O) groups is 2. The molecule has 0 aromatic heterocycles. The summed E-state index contributed by atoms with van der Waals surface area (Å²) in [5.41, 5.74) is 0. The maximum atomic E-state index is 12.4. The van der Waals surface area contributed by atoms with Gasteiger partial charge in [-0.1, -0.05) is 69.6 Å². The van der Waals surface area contributed by atoms with Gasteiger partial charge in [-0.3, -0.25) is 0 Å². The van der Waals surface area contributed by atoms with Crippen molar-refractivity contribution in [3.05, 3.63) is 0 Å². The first-order chi connectivity index (χ1) is 9.43. The molecule has 6 nitrogen and oxygen atoms in total. The third-order valence-corrected chi connectivity index (χ3v) is 4.52. The molecule has 0 saturated carbocycles. The summed E-state index contributed by atoms with van der Waals surface area (Å²) in [5, 5.41) is 5.97. The molecule has 0 unspecified atom stereocenters. The van der Waals surface area contributed by atoms with E-state index in [1.807, 2.05) is 0 Å². The average Bonchev–Trinajstić information content (AvgIpc) is 2.35. The molecule has 21 heavy (non-hydrogen) atoms. The molecule has 0 radical (unpaired) electrons. The second-order valence-corrected chi connectivity index (χ2v) is 9.73. The number of nitrogens with one attached hydrogen (secondary N) is 2. The third kappa shape index (κ3) is 3.40. The van der Waals surface area contributed by atoms with Gasteiger partial charge in [0.05, 0.1) is 0 Å². The number of carbonyl (C=O) groups excluding carboxylic acids is 2. The predicted octanol–water partition coefficient (Wildman–Crippen LogP) is 1.41. The van der Waals surface area contributed by atoms with Gasteiger partial charge in [0.2, 0.25) is 6.67 Å². The van der Waals surface area contributed by atoms with Crippen LogP contribution in [-0.2, 0) is 9.59 Å². The zero-order chi connectivity index (χ0) is 16.1. The first kappa shape index (κ1) is 18.3. The van der Waals surface area contributed by atoms with E-state index in [1.54, 1.807) is 0 Å². The lowest BCUT2D eigenvalue weighted by Crippen LogP contribution is -2.83. The minimum atomic E-state index is -2.10. The molecule has 2 saturated heterocycles. The number of rotatable bonds is 0. The van der Waals surface area contributed by atoms with E-state index in [-0.39, 0.29) is 42.3 Å². The molecule has 0 aliphatic carbocycles. The number of quaternary nitrogens is 2. The Morgan fingerprint density at radius 3 is 1.24 bits per heavy atom. The minimum absolute atomic E-state index is 0.0550. The molecule has 0 aromatic rings. The molecule has 2 fully saturated rings. The Morgan fingerprint density at radius 1 is 0.714 bits per heavy atom. The van der Waals surface area contributed by atoms with Gasteiger partial charge in [0, 0.05) is 0 Å². The van der Waals surface area contributed by atoms with Gasteiger partial charge in [-0.25, -0.2) is 20.2 Å². The molecule has 2 aliphatic rings. The van der Waals surface area contributed by atoms with E-state index >= 15 is 0 Å². The van der Waals surface area contributed by atoms with Crippen molar-refractivity contribution in [2.45, 2.75) is 7.59 Å². The lowest BCUT2D eigenvalue weighted by atomic mass is 10.3. The summed E-state index contributed by atoms with van der Waals surface area (Å²) in [4.78, 5) is 24.9. The van der Waals surface area contributed by atoms with Crippen molar-refractivity contribution in [1.29, 1.82) is 0 Å². The van der Waals surface area contributed by atoms with Crippen molar-refractivity contribution in [3.63, 3.8) is 0 Å². The topological polar surface area (TPSA) is 58.2 Å². The number of hydrogen-bond acceptors (Lipinski definition) is 4. The van der Waals surface area contributed by atoms with Crippen LogP contribution in [0.25, 0.3) is 0 Å². The summed E-state index contributed by atoms with van der Waals surface area (Å²) in [6.07, 6.45) is 0. The van der Waals surface area contributed by atoms with Gasteiger partial charge in [-0.05, 0) is 0 Å². The van der Waals surface area contributed by atoms with Gasteiger partial charge in [-0.2, -0.15) is 8.97 Å². The van der Waals surface area contributed by atoms with E-state index in [4.69, 9.17) is 69.6 Å². The summed E-state index contributed by atoms with van der Waals surface area (Å²) in [6, 6.07) is 0. The van der Waals surface area contributed by atoms with Crippen molar-refractivity contribution >= 4 is 81.4 Å². The van der Waals surface area contributed by atoms with Crippen LogP contribution in [0.2, 0.25) is 0 Å². The van der Waals surface area contributed by atoms with Gasteiger partial charge in [0.15, 0.2) is 0 Å². The Bertz CT molecular complexity index is 424. The van der Waals surface area contributed by atoms with Gasteiger partial charge < -0.3 is 0 Å². The number of amides is 2. The predicted molar refractivity (Wildman–Crippen MR) is 81.7 cm³/mol. The van der Waals surface area contributed by atoms with Crippen LogP contribution in [0.3, 0.4) is 0 Å². The lowest BCUT2D eigenvalue weighted by molar-refractivity contribution is -1.07. The molecule has 2 heterocycles. The standard InChI is InChI=1S/C9H12Cl6N4O2/c10-8(11,12)6(20)18-1-16-2-19(5-18,4-17-3-18)7(21)9(13,14)15/h16-17H,1-5H2/q+2. The van der Waals surface area contributed by atoms with E-state index in [1.165, 1.54) is 0 Å². The maximum absolute atomic E-state index is 12.4. The number of fused-ring (bicyclic) bond motifs is 2. The van der Waals surface area contributed by atoms with Crippen LogP contribution >= 0.6 is 69.6 Å². The van der Waals surface area contributed by atoms with Gasteiger partial charge in [0.1, 0.15) is 26.7 Å². The van der Waals surface area contributed by atoms with E-state index in [2.05, 4.69) is 10.6 Å². The van der Waals surface area contributed by atoms with Crippen LogP contribution in [0.4, 0.5) is 0 Å². The second kappa shape index (κ2) is 5.77. The van der Waals surface area contributed by atoms with Crippen molar-refractivity contribution in [1.82, 2.24) is 10.6 Å². The van der Waals surface area contributed by atoms with Crippen LogP contribution in [0.5, 0.6) is 0 Å². The summed E-state index contributed by atoms with van der Waals surface area (Å²) < 4.78 is -4.75. The Labute approximate surface area is 151 Å². The smallest absolute Gasteiger partial charge is 0.225 e. The van der Waals surface area contributed by atoms with Crippen molar-refractivity contribution in [2.24, 2.45) is 0 Å². The average molecular weight is 421 g/mol. The lowest BCUT2D eigenvalue weighted by Gasteiger charge is -2.52. The Balaban J connectivity index is 2.37. The largest absolute Gasteiger partial charge is 0.372 e. The number of nitrogens with zero attached hydrogens (tertiary/aromatic N) is 2. The first-order valence-electron chi connectivity index (χ1n) is 5.80. The van der Waals surface area contributed by atoms with E-state index in [0.717, 1.165) is 0 Å². The number of hydrogen-bond donors (Lipinski definition) is 2. The highest BCUT2D eigenvalue weighted by Gasteiger charge is 2.62. The monoisotopic (exact) mass is 418 g/mol. The Kier molecular flexibility index (Phi) is 5.02. The Morgan fingerprint density at radius 2 is 1.00 bits per heavy atom. The summed E-state index contributed by atoms with van der Waals surface area (Å²) in [7, 11) is 0. The van der Waals surface area contributed by atoms with Crippen molar-refractivity contribution in [2.75, 3.05) is 33.3 Å². The quantitative estimate of drug-likeness (QED) is 0.459. The fraction of sp³-hybridized carbons (Fsp3) is 0.778. The maximum Gasteiger partial charge on any atom is 0.372 e. The molecule has 0 spiro atoms. The van der Waals surface area contributed by atoms with Crippen LogP contribution < -0.4 is 10.6 Å². The molecule has 12 heteroatoms. The third-order valence-electron chi connectivity index (χ3n) is 3.55. The molecule has 2 amide bonds. The van der Waals surface area contributed by atoms with E-state index < -0.39 is 19.4 Å².